The van der Waals surface area contributed by atoms with Crippen LogP contribution in [0.5, 0.6) is 0 Å². The number of hydrogen-bond donors (Lipinski definition) is 1. The summed E-state index contributed by atoms with van der Waals surface area (Å²) in [4.78, 5) is 26.6. The van der Waals surface area contributed by atoms with E-state index in [1.54, 1.807) is 6.33 Å². The molecule has 39 heavy (non-hydrogen) atoms. The first kappa shape index (κ1) is 26.0. The number of piperazine rings is 1. The molecule has 2 aromatic carbocycles. The third kappa shape index (κ3) is 5.71. The van der Waals surface area contributed by atoms with Crippen molar-refractivity contribution in [2.75, 3.05) is 38.5 Å². The van der Waals surface area contributed by atoms with E-state index in [0.29, 0.717) is 23.7 Å². The SMILES string of the molecule is CN1CCN(C2CCC(n3cc(-c4ccc(CC(=O)Nc5ccccc5)cc4)c4c(Cl)ncnc43)CC2)CC1. The molecule has 1 saturated carbocycles. The summed E-state index contributed by atoms with van der Waals surface area (Å²) >= 11 is 6.65. The molecule has 8 heteroatoms. The van der Waals surface area contributed by atoms with Gasteiger partial charge in [0.2, 0.25) is 5.91 Å². The number of anilines is 1. The van der Waals surface area contributed by atoms with Crippen molar-refractivity contribution < 1.29 is 4.79 Å². The van der Waals surface area contributed by atoms with Gasteiger partial charge in [-0.2, -0.15) is 0 Å². The summed E-state index contributed by atoms with van der Waals surface area (Å²) in [7, 11) is 2.21. The zero-order valence-corrected chi connectivity index (χ0v) is 23.1. The van der Waals surface area contributed by atoms with Crippen LogP contribution >= 0.6 is 11.6 Å². The molecule has 4 aromatic rings. The molecule has 2 aromatic heterocycles. The topological polar surface area (TPSA) is 66.3 Å². The van der Waals surface area contributed by atoms with E-state index in [2.05, 4.69) is 55.0 Å². The predicted octanol–water partition coefficient (Wildman–Crippen LogP) is 5.66. The predicted molar refractivity (Wildman–Crippen MR) is 157 cm³/mol. The van der Waals surface area contributed by atoms with Crippen LogP contribution in [0.1, 0.15) is 37.3 Å². The highest BCUT2D eigenvalue weighted by molar-refractivity contribution is 6.35. The van der Waals surface area contributed by atoms with Crippen LogP contribution in [0.4, 0.5) is 5.69 Å². The quantitative estimate of drug-likeness (QED) is 0.318. The Morgan fingerprint density at radius 1 is 0.923 bits per heavy atom. The number of likely N-dealkylation sites (N-methyl/N-ethyl adjacent to an activating group) is 1. The second kappa shape index (κ2) is 11.5. The molecule has 2 aliphatic rings. The van der Waals surface area contributed by atoms with Crippen molar-refractivity contribution in [1.29, 1.82) is 0 Å². The third-order valence-corrected chi connectivity index (χ3v) is 8.65. The smallest absolute Gasteiger partial charge is 0.228 e. The number of aromatic nitrogens is 3. The standard InChI is InChI=1S/C31H35ClN6O/c1-36-15-17-37(18-16-36)25-11-13-26(14-12-25)38-20-27(29-30(32)33-21-34-31(29)38)23-9-7-22(8-10-23)19-28(39)35-24-5-3-2-4-6-24/h2-10,20-21,25-26H,11-19H2,1H3,(H,35,39). The second-order valence-corrected chi connectivity index (χ2v) is 11.3. The monoisotopic (exact) mass is 542 g/mol. The lowest BCUT2D eigenvalue weighted by molar-refractivity contribution is -0.115. The molecule has 0 spiro atoms. The van der Waals surface area contributed by atoms with Gasteiger partial charge in [0, 0.05) is 55.7 Å². The van der Waals surface area contributed by atoms with Crippen molar-refractivity contribution in [2.45, 2.75) is 44.2 Å². The molecular weight excluding hydrogens is 508 g/mol. The molecule has 1 amide bonds. The van der Waals surface area contributed by atoms with Gasteiger partial charge in [-0.3, -0.25) is 9.69 Å². The molecule has 0 bridgehead atoms. The van der Waals surface area contributed by atoms with Crippen molar-refractivity contribution >= 4 is 34.2 Å². The van der Waals surface area contributed by atoms with E-state index in [0.717, 1.165) is 59.3 Å². The fourth-order valence-corrected chi connectivity index (χ4v) is 6.38. The Morgan fingerprint density at radius 3 is 2.33 bits per heavy atom. The summed E-state index contributed by atoms with van der Waals surface area (Å²) in [6.45, 7) is 4.68. The molecule has 0 unspecified atom stereocenters. The summed E-state index contributed by atoms with van der Waals surface area (Å²) in [5.74, 6) is -0.0332. The maximum Gasteiger partial charge on any atom is 0.228 e. The zero-order chi connectivity index (χ0) is 26.8. The summed E-state index contributed by atoms with van der Waals surface area (Å²) in [5, 5.41) is 4.33. The van der Waals surface area contributed by atoms with Gasteiger partial charge in [0.15, 0.2) is 0 Å². The molecule has 0 atom stereocenters. The fourth-order valence-electron chi connectivity index (χ4n) is 6.15. The van der Waals surface area contributed by atoms with Crippen LogP contribution < -0.4 is 5.32 Å². The van der Waals surface area contributed by atoms with Gasteiger partial charge in [-0.1, -0.05) is 54.1 Å². The molecule has 0 radical (unpaired) electrons. The maximum atomic E-state index is 12.5. The van der Waals surface area contributed by atoms with Gasteiger partial charge in [0.05, 0.1) is 11.8 Å². The average molecular weight is 543 g/mol. The molecule has 1 aliphatic carbocycles. The molecule has 2 fully saturated rings. The molecule has 1 aliphatic heterocycles. The van der Waals surface area contributed by atoms with Gasteiger partial charge in [-0.15, -0.1) is 0 Å². The summed E-state index contributed by atoms with van der Waals surface area (Å²) in [5.41, 5.74) is 4.75. The van der Waals surface area contributed by atoms with Gasteiger partial charge in [-0.25, -0.2) is 9.97 Å². The van der Waals surface area contributed by atoms with E-state index in [-0.39, 0.29) is 5.91 Å². The number of halogens is 1. The number of benzene rings is 2. The number of hydrogen-bond acceptors (Lipinski definition) is 5. The highest BCUT2D eigenvalue weighted by Gasteiger charge is 2.30. The lowest BCUT2D eigenvalue weighted by atomic mass is 9.89. The Balaban J connectivity index is 1.19. The lowest BCUT2D eigenvalue weighted by Crippen LogP contribution is -2.49. The van der Waals surface area contributed by atoms with Crippen molar-refractivity contribution in [3.8, 4) is 11.1 Å². The van der Waals surface area contributed by atoms with Crippen molar-refractivity contribution in [1.82, 2.24) is 24.3 Å². The van der Waals surface area contributed by atoms with E-state index in [4.69, 9.17) is 11.6 Å². The minimum Gasteiger partial charge on any atom is -0.329 e. The van der Waals surface area contributed by atoms with E-state index < -0.39 is 0 Å². The number of amides is 1. The Hall–Kier alpha value is -3.26. The molecular formula is C31H35ClN6O. The first-order valence-electron chi connectivity index (χ1n) is 13.9. The number of carbonyl (C=O) groups is 1. The summed E-state index contributed by atoms with van der Waals surface area (Å²) in [6, 6.07) is 18.8. The van der Waals surface area contributed by atoms with E-state index in [1.807, 2.05) is 42.5 Å². The van der Waals surface area contributed by atoms with Crippen molar-refractivity contribution in [3.63, 3.8) is 0 Å². The molecule has 3 heterocycles. The largest absolute Gasteiger partial charge is 0.329 e. The minimum absolute atomic E-state index is 0.0332. The number of para-hydroxylation sites is 1. The number of nitrogens with one attached hydrogen (secondary N) is 1. The van der Waals surface area contributed by atoms with Crippen molar-refractivity contribution in [2.24, 2.45) is 0 Å². The first-order valence-corrected chi connectivity index (χ1v) is 14.3. The first-order chi connectivity index (χ1) is 19.0. The van der Waals surface area contributed by atoms with Gasteiger partial charge in [-0.05, 0) is 56.0 Å². The van der Waals surface area contributed by atoms with Gasteiger partial charge < -0.3 is 14.8 Å². The van der Waals surface area contributed by atoms with Crippen LogP contribution in [0.15, 0.2) is 67.1 Å². The number of rotatable bonds is 6. The molecule has 202 valence electrons. The normalized spacial score (nSPS) is 20.8. The Labute approximate surface area is 234 Å². The van der Waals surface area contributed by atoms with E-state index in [9.17, 15) is 4.79 Å². The van der Waals surface area contributed by atoms with Crippen molar-refractivity contribution in [3.05, 3.63) is 77.8 Å². The Bertz CT molecular complexity index is 1420. The highest BCUT2D eigenvalue weighted by atomic mass is 35.5. The van der Waals surface area contributed by atoms with Crippen LogP contribution in [-0.2, 0) is 11.2 Å². The number of carbonyl (C=O) groups excluding carboxylic acids is 1. The number of nitrogens with zero attached hydrogens (tertiary/aromatic N) is 5. The fraction of sp³-hybridized carbons (Fsp3) is 0.387. The van der Waals surface area contributed by atoms with Gasteiger partial charge >= 0.3 is 0 Å². The number of fused-ring (bicyclic) bond motifs is 1. The van der Waals surface area contributed by atoms with Crippen LogP contribution in [0.2, 0.25) is 5.15 Å². The van der Waals surface area contributed by atoms with E-state index in [1.165, 1.54) is 25.9 Å². The summed E-state index contributed by atoms with van der Waals surface area (Å²) < 4.78 is 2.33. The Kier molecular flexibility index (Phi) is 7.64. The minimum atomic E-state index is -0.0332. The molecule has 1 N–H and O–H groups in total. The van der Waals surface area contributed by atoms with Gasteiger partial charge in [0.1, 0.15) is 17.1 Å². The van der Waals surface area contributed by atoms with Crippen LogP contribution in [-0.4, -0.2) is 69.5 Å². The second-order valence-electron chi connectivity index (χ2n) is 10.9. The molecule has 7 nitrogen and oxygen atoms in total. The van der Waals surface area contributed by atoms with Crippen LogP contribution in [0.25, 0.3) is 22.2 Å². The summed E-state index contributed by atoms with van der Waals surface area (Å²) in [6.07, 6.45) is 8.79. The molecule has 1 saturated heterocycles. The third-order valence-electron chi connectivity index (χ3n) is 8.36. The van der Waals surface area contributed by atoms with Gasteiger partial charge in [0.25, 0.3) is 0 Å². The van der Waals surface area contributed by atoms with Crippen LogP contribution in [0.3, 0.4) is 0 Å². The molecule has 6 rings (SSSR count). The maximum absolute atomic E-state index is 12.5. The zero-order valence-electron chi connectivity index (χ0n) is 22.4. The van der Waals surface area contributed by atoms with Crippen LogP contribution in [0, 0.1) is 0 Å². The highest BCUT2D eigenvalue weighted by Crippen LogP contribution is 2.39. The Morgan fingerprint density at radius 2 is 1.62 bits per heavy atom. The average Bonchev–Trinajstić information content (AvgIpc) is 3.35. The lowest BCUT2D eigenvalue weighted by Gasteiger charge is -2.41. The van der Waals surface area contributed by atoms with E-state index >= 15 is 0 Å².